The van der Waals surface area contributed by atoms with Gasteiger partial charge in [0.05, 0.1) is 0 Å². The molecule has 0 atom stereocenters. The third kappa shape index (κ3) is 4.53. The third-order valence-electron chi connectivity index (χ3n) is 12.6. The summed E-state index contributed by atoms with van der Waals surface area (Å²) >= 11 is 1.92. The van der Waals surface area contributed by atoms with Crippen LogP contribution < -0.4 is 0 Å². The van der Waals surface area contributed by atoms with Gasteiger partial charge in [0, 0.05) is 31.0 Å². The Morgan fingerprint density at radius 2 is 0.875 bits per heavy atom. The molecule has 0 saturated carbocycles. The molecule has 1 aliphatic carbocycles. The van der Waals surface area contributed by atoms with Gasteiger partial charge >= 0.3 is 0 Å². The minimum absolute atomic E-state index is 0.0988. The van der Waals surface area contributed by atoms with E-state index in [0.717, 1.165) is 0 Å². The van der Waals surface area contributed by atoms with Crippen LogP contribution in [0.5, 0.6) is 0 Å². The van der Waals surface area contributed by atoms with E-state index >= 15 is 0 Å². The lowest BCUT2D eigenvalue weighted by molar-refractivity contribution is 0.661. The lowest BCUT2D eigenvalue weighted by Gasteiger charge is -2.22. The van der Waals surface area contributed by atoms with Crippen molar-refractivity contribution >= 4 is 74.6 Å². The molecule has 0 amide bonds. The fourth-order valence-corrected chi connectivity index (χ4v) is 11.1. The van der Waals surface area contributed by atoms with E-state index in [1.165, 1.54) is 119 Å². The monoisotopic (exact) mass is 728 g/mol. The molecule has 12 rings (SSSR count). The predicted molar refractivity (Wildman–Crippen MR) is 243 cm³/mol. The minimum atomic E-state index is -0.0988. The first-order chi connectivity index (χ1) is 27.5. The maximum Gasteiger partial charge on any atom is 0.0434 e. The molecule has 0 unspecified atom stereocenters. The van der Waals surface area contributed by atoms with Gasteiger partial charge in [-0.3, -0.25) is 0 Å². The molecule has 1 aromatic heterocycles. The van der Waals surface area contributed by atoms with Gasteiger partial charge in [-0.2, -0.15) is 0 Å². The zero-order chi connectivity index (χ0) is 37.1. The van der Waals surface area contributed by atoms with Crippen LogP contribution in [0, 0.1) is 0 Å². The van der Waals surface area contributed by atoms with Gasteiger partial charge in [0.25, 0.3) is 0 Å². The van der Waals surface area contributed by atoms with E-state index in [4.69, 9.17) is 0 Å². The highest BCUT2D eigenvalue weighted by Gasteiger charge is 2.36. The molecular formula is C55H36S. The number of hydrogen-bond acceptors (Lipinski definition) is 1. The van der Waals surface area contributed by atoms with Crippen LogP contribution in [-0.2, 0) is 5.41 Å². The van der Waals surface area contributed by atoms with E-state index < -0.39 is 0 Å². The first kappa shape index (κ1) is 31.8. The average Bonchev–Trinajstić information content (AvgIpc) is 3.73. The summed E-state index contributed by atoms with van der Waals surface area (Å²) in [6.45, 7) is 4.79. The molecule has 0 spiro atoms. The number of rotatable bonds is 3. The number of benzene rings is 10. The molecule has 1 aliphatic rings. The predicted octanol–water partition coefficient (Wildman–Crippen LogP) is 16.0. The second kappa shape index (κ2) is 11.7. The summed E-state index contributed by atoms with van der Waals surface area (Å²) in [4.78, 5) is 0. The van der Waals surface area contributed by atoms with Gasteiger partial charge in [0.15, 0.2) is 0 Å². The molecule has 262 valence electrons. The highest BCUT2D eigenvalue weighted by Crippen LogP contribution is 2.53. The molecule has 10 aromatic carbocycles. The molecule has 0 saturated heterocycles. The fourth-order valence-electron chi connectivity index (χ4n) is 9.87. The van der Waals surface area contributed by atoms with Gasteiger partial charge in [-0.1, -0.05) is 159 Å². The van der Waals surface area contributed by atoms with E-state index in [2.05, 4.69) is 196 Å². The van der Waals surface area contributed by atoms with Crippen molar-refractivity contribution in [3.8, 4) is 44.5 Å². The van der Waals surface area contributed by atoms with E-state index in [1.807, 2.05) is 11.3 Å². The van der Waals surface area contributed by atoms with Crippen molar-refractivity contribution in [2.45, 2.75) is 19.3 Å². The molecule has 0 N–H and O–H groups in total. The Hall–Kier alpha value is -6.54. The summed E-state index contributed by atoms with van der Waals surface area (Å²) in [6.07, 6.45) is 0. The number of thiophene rings is 1. The van der Waals surface area contributed by atoms with Crippen LogP contribution in [-0.4, -0.2) is 0 Å². The second-order valence-electron chi connectivity index (χ2n) is 16.0. The van der Waals surface area contributed by atoms with E-state index in [1.54, 1.807) is 0 Å². The standard InChI is InChI=1S/C55H36S/c1-55(2)49-27-25-39(30-47(49)48-32-46-37(31-50(48)55)24-26-45-40-14-10-11-19-51(40)56-54(45)46)53-43-17-8-6-15-41(43)52(42-16-7-9-18-44(42)53)38-23-22-35-28-34(20-21-36(35)29-38)33-12-4-3-5-13-33/h3-32H,1-2H3. The maximum absolute atomic E-state index is 2.50. The van der Waals surface area contributed by atoms with Crippen LogP contribution in [0.1, 0.15) is 25.0 Å². The molecule has 11 aromatic rings. The van der Waals surface area contributed by atoms with Crippen molar-refractivity contribution in [1.82, 2.24) is 0 Å². The smallest absolute Gasteiger partial charge is 0.0434 e. The highest BCUT2D eigenvalue weighted by atomic mass is 32.1. The normalized spacial score (nSPS) is 13.3. The Kier molecular flexibility index (Phi) is 6.66. The average molecular weight is 729 g/mol. The van der Waals surface area contributed by atoms with Gasteiger partial charge in [-0.25, -0.2) is 0 Å². The molecule has 0 radical (unpaired) electrons. The van der Waals surface area contributed by atoms with Gasteiger partial charge in [0.1, 0.15) is 0 Å². The highest BCUT2D eigenvalue weighted by molar-refractivity contribution is 7.26. The Labute approximate surface area is 329 Å². The number of fused-ring (bicyclic) bond motifs is 11. The van der Waals surface area contributed by atoms with Gasteiger partial charge < -0.3 is 0 Å². The molecule has 0 aliphatic heterocycles. The quantitative estimate of drug-likeness (QED) is 0.159. The van der Waals surface area contributed by atoms with Crippen LogP contribution in [0.2, 0.25) is 0 Å². The molecule has 0 nitrogen and oxygen atoms in total. The van der Waals surface area contributed by atoms with Crippen molar-refractivity contribution < 1.29 is 0 Å². The summed E-state index contributed by atoms with van der Waals surface area (Å²) in [5.74, 6) is 0. The molecule has 1 heterocycles. The topological polar surface area (TPSA) is 0 Å². The van der Waals surface area contributed by atoms with Gasteiger partial charge in [-0.05, 0) is 130 Å². The summed E-state index contributed by atoms with van der Waals surface area (Å²) in [6, 6.07) is 68.3. The van der Waals surface area contributed by atoms with Crippen LogP contribution >= 0.6 is 11.3 Å². The van der Waals surface area contributed by atoms with Crippen molar-refractivity contribution in [3.63, 3.8) is 0 Å². The Morgan fingerprint density at radius 3 is 1.57 bits per heavy atom. The zero-order valence-corrected chi connectivity index (χ0v) is 32.0. The summed E-state index contributed by atoms with van der Waals surface area (Å²) in [5.41, 5.74) is 13.0. The largest absolute Gasteiger partial charge is 0.135 e. The summed E-state index contributed by atoms with van der Waals surface area (Å²) in [7, 11) is 0. The number of hydrogen-bond donors (Lipinski definition) is 0. The van der Waals surface area contributed by atoms with E-state index in [0.29, 0.717) is 0 Å². The molecule has 0 fully saturated rings. The Bertz CT molecular complexity index is 3380. The first-order valence-corrected chi connectivity index (χ1v) is 20.4. The van der Waals surface area contributed by atoms with Crippen molar-refractivity contribution in [2.24, 2.45) is 0 Å². The fraction of sp³-hybridized carbons (Fsp3) is 0.0545. The van der Waals surface area contributed by atoms with Crippen LogP contribution in [0.4, 0.5) is 0 Å². The summed E-state index contributed by atoms with van der Waals surface area (Å²) < 4.78 is 2.73. The van der Waals surface area contributed by atoms with Crippen molar-refractivity contribution in [2.75, 3.05) is 0 Å². The molecule has 1 heteroatoms. The molecule has 0 bridgehead atoms. The van der Waals surface area contributed by atoms with Gasteiger partial charge in [-0.15, -0.1) is 11.3 Å². The van der Waals surface area contributed by atoms with E-state index in [-0.39, 0.29) is 5.41 Å². The lowest BCUT2D eigenvalue weighted by Crippen LogP contribution is -2.14. The van der Waals surface area contributed by atoms with E-state index in [9.17, 15) is 0 Å². The SMILES string of the molecule is CC1(C)c2ccc(-c3c4ccccc4c(-c4ccc5cc(-c6ccccc6)ccc5c4)c4ccccc34)cc2-c2cc3c(ccc4c5ccccc5sc34)cc21. The molecular weight excluding hydrogens is 693 g/mol. The maximum atomic E-state index is 2.50. The van der Waals surface area contributed by atoms with Crippen LogP contribution in [0.15, 0.2) is 182 Å². The van der Waals surface area contributed by atoms with Crippen LogP contribution in [0.25, 0.3) is 108 Å². The second-order valence-corrected chi connectivity index (χ2v) is 17.1. The van der Waals surface area contributed by atoms with Crippen molar-refractivity contribution in [1.29, 1.82) is 0 Å². The first-order valence-electron chi connectivity index (χ1n) is 19.6. The Morgan fingerprint density at radius 1 is 0.339 bits per heavy atom. The summed E-state index contributed by atoms with van der Waals surface area (Å²) in [5, 5.41) is 13.0. The lowest BCUT2D eigenvalue weighted by atomic mass is 9.81. The minimum Gasteiger partial charge on any atom is -0.135 e. The van der Waals surface area contributed by atoms with Crippen LogP contribution in [0.3, 0.4) is 0 Å². The Balaban J connectivity index is 1.06. The zero-order valence-electron chi connectivity index (χ0n) is 31.2. The van der Waals surface area contributed by atoms with Crippen molar-refractivity contribution in [3.05, 3.63) is 193 Å². The van der Waals surface area contributed by atoms with Gasteiger partial charge in [0.2, 0.25) is 0 Å². The molecule has 56 heavy (non-hydrogen) atoms. The third-order valence-corrected chi connectivity index (χ3v) is 13.8.